The third-order valence-electron chi connectivity index (χ3n) is 3.86. The molecule has 0 bridgehead atoms. The van der Waals surface area contributed by atoms with Gasteiger partial charge in [-0.2, -0.15) is 9.57 Å². The van der Waals surface area contributed by atoms with Gasteiger partial charge in [0.05, 0.1) is 16.1 Å². The molecule has 1 aliphatic heterocycles. The summed E-state index contributed by atoms with van der Waals surface area (Å²) in [6.45, 7) is 0.277. The summed E-state index contributed by atoms with van der Waals surface area (Å²) in [5.41, 5.74) is -0.710. The van der Waals surface area contributed by atoms with E-state index in [0.29, 0.717) is 0 Å². The van der Waals surface area contributed by atoms with Gasteiger partial charge in [0.15, 0.2) is 0 Å². The molecule has 0 radical (unpaired) electrons. The molecule has 0 aromatic heterocycles. The zero-order valence-corrected chi connectivity index (χ0v) is 11.1. The predicted octanol–water partition coefficient (Wildman–Crippen LogP) is 0.704. The first-order valence-electron chi connectivity index (χ1n) is 6.19. The van der Waals surface area contributed by atoms with E-state index in [0.717, 1.165) is 12.8 Å². The summed E-state index contributed by atoms with van der Waals surface area (Å²) in [7, 11) is -3.67. The molecule has 1 heterocycles. The van der Waals surface area contributed by atoms with Crippen molar-refractivity contribution in [3.63, 3.8) is 0 Å². The van der Waals surface area contributed by atoms with Crippen molar-refractivity contribution in [3.05, 3.63) is 29.8 Å². The van der Waals surface area contributed by atoms with Crippen molar-refractivity contribution in [1.82, 2.24) is 4.31 Å². The van der Waals surface area contributed by atoms with Crippen LogP contribution in [0.15, 0.2) is 29.2 Å². The summed E-state index contributed by atoms with van der Waals surface area (Å²) < 4.78 is 26.0. The Hall–Kier alpha value is -1.42. The number of nitriles is 1. The lowest BCUT2D eigenvalue weighted by Crippen LogP contribution is -2.64. The molecule has 0 amide bonds. The number of aliphatic hydroxyl groups is 1. The molecule has 1 saturated heterocycles. The van der Waals surface area contributed by atoms with Gasteiger partial charge in [0, 0.05) is 13.1 Å². The van der Waals surface area contributed by atoms with Crippen molar-refractivity contribution in [2.75, 3.05) is 13.1 Å². The number of hydrogen-bond donors (Lipinski definition) is 1. The van der Waals surface area contributed by atoms with Gasteiger partial charge in [-0.25, -0.2) is 8.42 Å². The number of benzene rings is 1. The second kappa shape index (κ2) is 4.04. The number of nitrogens with zero attached hydrogens (tertiary/aromatic N) is 2. The summed E-state index contributed by atoms with van der Waals surface area (Å²) in [6, 6.07) is 8.04. The summed E-state index contributed by atoms with van der Waals surface area (Å²) in [5, 5.41) is 19.2. The van der Waals surface area contributed by atoms with E-state index in [9.17, 15) is 13.5 Å². The van der Waals surface area contributed by atoms with Crippen LogP contribution in [0.2, 0.25) is 0 Å². The minimum Gasteiger partial charge on any atom is -0.387 e. The fourth-order valence-electron chi connectivity index (χ4n) is 2.54. The Morgan fingerprint density at radius 2 is 1.95 bits per heavy atom. The van der Waals surface area contributed by atoms with Crippen LogP contribution in [0, 0.1) is 17.2 Å². The van der Waals surface area contributed by atoms with Crippen LogP contribution >= 0.6 is 0 Å². The van der Waals surface area contributed by atoms with Gasteiger partial charge in [-0.3, -0.25) is 0 Å². The Labute approximate surface area is 112 Å². The van der Waals surface area contributed by atoms with Gasteiger partial charge in [0.1, 0.15) is 6.07 Å². The molecule has 0 unspecified atom stereocenters. The Morgan fingerprint density at radius 1 is 1.32 bits per heavy atom. The van der Waals surface area contributed by atoms with Crippen LogP contribution in [-0.2, 0) is 10.0 Å². The van der Waals surface area contributed by atoms with Crippen LogP contribution in [-0.4, -0.2) is 36.5 Å². The maximum absolute atomic E-state index is 12.4. The maximum Gasteiger partial charge on any atom is 0.244 e. The lowest BCUT2D eigenvalue weighted by atomic mass is 9.91. The van der Waals surface area contributed by atoms with Gasteiger partial charge in [-0.05, 0) is 30.9 Å². The molecule has 6 heteroatoms. The highest BCUT2D eigenvalue weighted by atomic mass is 32.2. The second-order valence-electron chi connectivity index (χ2n) is 5.26. The summed E-state index contributed by atoms with van der Waals surface area (Å²) in [4.78, 5) is 0.0235. The van der Waals surface area contributed by atoms with Crippen molar-refractivity contribution in [1.29, 1.82) is 5.26 Å². The smallest absolute Gasteiger partial charge is 0.244 e. The fourth-order valence-corrected chi connectivity index (χ4v) is 4.24. The van der Waals surface area contributed by atoms with Crippen LogP contribution < -0.4 is 0 Å². The number of β-amino-alcohol motifs (C(OH)–C–C–N with tert-alkyl or cyclic N) is 1. The molecule has 0 spiro atoms. The molecule has 1 N–H and O–H groups in total. The lowest BCUT2D eigenvalue weighted by molar-refractivity contribution is -0.0764. The maximum atomic E-state index is 12.4. The van der Waals surface area contributed by atoms with Crippen LogP contribution in [0.1, 0.15) is 18.4 Å². The average molecular weight is 278 g/mol. The molecule has 19 heavy (non-hydrogen) atoms. The Kier molecular flexibility index (Phi) is 2.68. The van der Waals surface area contributed by atoms with Gasteiger partial charge in [0.25, 0.3) is 0 Å². The van der Waals surface area contributed by atoms with Crippen molar-refractivity contribution in [3.8, 4) is 6.07 Å². The molecule has 0 atom stereocenters. The molecule has 1 aliphatic carbocycles. The largest absolute Gasteiger partial charge is 0.387 e. The second-order valence-corrected chi connectivity index (χ2v) is 7.17. The molecular formula is C13H14N2O3S. The van der Waals surface area contributed by atoms with E-state index in [2.05, 4.69) is 0 Å². The van der Waals surface area contributed by atoms with Gasteiger partial charge in [0.2, 0.25) is 10.0 Å². The Morgan fingerprint density at radius 3 is 2.53 bits per heavy atom. The van der Waals surface area contributed by atoms with Crippen molar-refractivity contribution < 1.29 is 13.5 Å². The van der Waals surface area contributed by atoms with E-state index in [-0.39, 0.29) is 29.5 Å². The van der Waals surface area contributed by atoms with E-state index in [1.807, 2.05) is 6.07 Å². The molecular weight excluding hydrogens is 264 g/mol. The molecule has 100 valence electrons. The van der Waals surface area contributed by atoms with Crippen LogP contribution in [0.4, 0.5) is 0 Å². The minimum absolute atomic E-state index is 0.0235. The van der Waals surface area contributed by atoms with Crippen LogP contribution in [0.3, 0.4) is 0 Å². The van der Waals surface area contributed by atoms with Crippen LogP contribution in [0.25, 0.3) is 0 Å². The predicted molar refractivity (Wildman–Crippen MR) is 67.6 cm³/mol. The molecule has 2 aliphatic rings. The molecule has 3 rings (SSSR count). The van der Waals surface area contributed by atoms with Gasteiger partial charge in [-0.1, -0.05) is 12.1 Å². The zero-order valence-electron chi connectivity index (χ0n) is 10.3. The highest BCUT2D eigenvalue weighted by molar-refractivity contribution is 7.89. The van der Waals surface area contributed by atoms with E-state index in [1.54, 1.807) is 12.1 Å². The SMILES string of the molecule is N#Cc1ccccc1S(=O)(=O)N1CC(O)(C2CC2)C1. The first-order valence-corrected chi connectivity index (χ1v) is 7.63. The quantitative estimate of drug-likeness (QED) is 0.882. The number of sulfonamides is 1. The molecule has 1 aromatic rings. The number of rotatable bonds is 3. The van der Waals surface area contributed by atoms with E-state index < -0.39 is 15.6 Å². The zero-order chi connectivity index (χ0) is 13.7. The van der Waals surface area contributed by atoms with Crippen molar-refractivity contribution in [2.24, 2.45) is 5.92 Å². The summed E-state index contributed by atoms with van der Waals surface area (Å²) in [6.07, 6.45) is 1.94. The van der Waals surface area contributed by atoms with Crippen LogP contribution in [0.5, 0.6) is 0 Å². The highest BCUT2D eigenvalue weighted by Gasteiger charge is 2.55. The average Bonchev–Trinajstić information content (AvgIpc) is 3.19. The van der Waals surface area contributed by atoms with E-state index in [4.69, 9.17) is 5.26 Å². The highest BCUT2D eigenvalue weighted by Crippen LogP contribution is 2.45. The molecule has 1 saturated carbocycles. The topological polar surface area (TPSA) is 81.4 Å². The first kappa shape index (κ1) is 12.6. The monoisotopic (exact) mass is 278 g/mol. The van der Waals surface area contributed by atoms with E-state index in [1.165, 1.54) is 16.4 Å². The van der Waals surface area contributed by atoms with E-state index >= 15 is 0 Å². The summed E-state index contributed by atoms with van der Waals surface area (Å²) in [5.74, 6) is 0.241. The Bertz CT molecular complexity index is 653. The third-order valence-corrected chi connectivity index (χ3v) is 5.71. The summed E-state index contributed by atoms with van der Waals surface area (Å²) >= 11 is 0. The van der Waals surface area contributed by atoms with Gasteiger partial charge < -0.3 is 5.11 Å². The number of hydrogen-bond acceptors (Lipinski definition) is 4. The first-order chi connectivity index (χ1) is 8.97. The fraction of sp³-hybridized carbons (Fsp3) is 0.462. The standard InChI is InChI=1S/C13H14N2O3S/c14-7-10-3-1-2-4-12(10)19(17,18)15-8-13(16,9-15)11-5-6-11/h1-4,11,16H,5-6,8-9H2. The van der Waals surface area contributed by atoms with Gasteiger partial charge >= 0.3 is 0 Å². The molecule has 2 fully saturated rings. The molecule has 1 aromatic carbocycles. The van der Waals surface area contributed by atoms with Crippen molar-refractivity contribution >= 4 is 10.0 Å². The normalized spacial score (nSPS) is 22.5. The van der Waals surface area contributed by atoms with Crippen molar-refractivity contribution in [2.45, 2.75) is 23.3 Å². The third kappa shape index (κ3) is 1.94. The lowest BCUT2D eigenvalue weighted by Gasteiger charge is -2.45. The van der Waals surface area contributed by atoms with Gasteiger partial charge in [-0.15, -0.1) is 0 Å². The molecule has 5 nitrogen and oxygen atoms in total. The minimum atomic E-state index is -3.67. The Balaban J connectivity index is 1.87.